The second-order valence-electron chi connectivity index (χ2n) is 4.32. The first kappa shape index (κ1) is 16.1. The third kappa shape index (κ3) is 5.85. The molecule has 0 aliphatic carbocycles. The highest BCUT2D eigenvalue weighted by molar-refractivity contribution is 7.87. The van der Waals surface area contributed by atoms with Gasteiger partial charge in [0, 0.05) is 25.0 Å². The molecule has 8 heteroatoms. The Balaban J connectivity index is 4.74. The highest BCUT2D eigenvalue weighted by Gasteiger charge is 2.25. The lowest BCUT2D eigenvalue weighted by Crippen LogP contribution is -2.47. The third-order valence-electron chi connectivity index (χ3n) is 1.99. The fraction of sp³-hybridized carbons (Fsp3) is 0.889. The summed E-state index contributed by atoms with van der Waals surface area (Å²) >= 11 is 0. The Morgan fingerprint density at radius 3 is 2.29 bits per heavy atom. The number of nitrogens with one attached hydrogen (secondary N) is 1. The van der Waals surface area contributed by atoms with E-state index < -0.39 is 10.2 Å². The summed E-state index contributed by atoms with van der Waals surface area (Å²) < 4.78 is 27.7. The van der Waals surface area contributed by atoms with Gasteiger partial charge in [-0.3, -0.25) is 0 Å². The summed E-state index contributed by atoms with van der Waals surface area (Å²) in [5.41, 5.74) is 5.32. The van der Waals surface area contributed by atoms with Gasteiger partial charge in [0.05, 0.1) is 0 Å². The van der Waals surface area contributed by atoms with E-state index >= 15 is 0 Å². The number of nitrogens with zero attached hydrogens (tertiary/aromatic N) is 2. The third-order valence-corrected chi connectivity index (χ3v) is 3.98. The van der Waals surface area contributed by atoms with E-state index in [1.807, 2.05) is 0 Å². The number of hydrogen-bond donors (Lipinski definition) is 3. The van der Waals surface area contributed by atoms with Gasteiger partial charge in [0.2, 0.25) is 0 Å². The zero-order chi connectivity index (χ0) is 13.6. The molecule has 7 nitrogen and oxygen atoms in total. The number of hydrogen-bond acceptors (Lipinski definition) is 4. The van der Waals surface area contributed by atoms with Gasteiger partial charge in [0.1, 0.15) is 5.84 Å². The predicted molar refractivity (Wildman–Crippen MR) is 67.1 cm³/mol. The van der Waals surface area contributed by atoms with Crippen molar-refractivity contribution in [2.45, 2.75) is 46.2 Å². The fourth-order valence-electron chi connectivity index (χ4n) is 1.30. The van der Waals surface area contributed by atoms with Gasteiger partial charge in [-0.25, -0.2) is 0 Å². The number of rotatable bonds is 7. The molecule has 0 saturated carbocycles. The lowest BCUT2D eigenvalue weighted by molar-refractivity contribution is 0.313. The molecule has 0 saturated heterocycles. The van der Waals surface area contributed by atoms with Crippen molar-refractivity contribution in [1.29, 1.82) is 0 Å². The van der Waals surface area contributed by atoms with Gasteiger partial charge in [0.15, 0.2) is 0 Å². The summed E-state index contributed by atoms with van der Waals surface area (Å²) in [6.45, 7) is 7.21. The van der Waals surface area contributed by atoms with Crippen molar-refractivity contribution < 1.29 is 13.6 Å². The molecule has 0 aliphatic heterocycles. The molecule has 102 valence electrons. The average Bonchev–Trinajstić information content (AvgIpc) is 2.14. The second kappa shape index (κ2) is 6.77. The van der Waals surface area contributed by atoms with Crippen LogP contribution in [0.25, 0.3) is 0 Å². The lowest BCUT2D eigenvalue weighted by atomic mass is 10.3. The molecule has 17 heavy (non-hydrogen) atoms. The number of oxime groups is 1. The lowest BCUT2D eigenvalue weighted by Gasteiger charge is -2.26. The van der Waals surface area contributed by atoms with Crippen LogP contribution in [0.2, 0.25) is 0 Å². The average molecular weight is 266 g/mol. The minimum absolute atomic E-state index is 0.00963. The first-order chi connectivity index (χ1) is 7.70. The highest BCUT2D eigenvalue weighted by atomic mass is 32.2. The van der Waals surface area contributed by atoms with Gasteiger partial charge >= 0.3 is 0 Å². The van der Waals surface area contributed by atoms with E-state index in [1.165, 1.54) is 4.31 Å². The van der Waals surface area contributed by atoms with Crippen molar-refractivity contribution in [2.75, 3.05) is 6.54 Å². The molecular weight excluding hydrogens is 244 g/mol. The van der Waals surface area contributed by atoms with Crippen molar-refractivity contribution in [2.24, 2.45) is 10.9 Å². The first-order valence-electron chi connectivity index (χ1n) is 5.46. The van der Waals surface area contributed by atoms with E-state index in [9.17, 15) is 8.42 Å². The second-order valence-corrected chi connectivity index (χ2v) is 5.98. The predicted octanol–water partition coefficient (Wildman–Crippen LogP) is 0.0761. The monoisotopic (exact) mass is 266 g/mol. The standard InChI is InChI=1S/C9H22N4O3S/c1-7(2)12-17(15,16)13(8(3)4)6-5-9(10)11-14/h7-8,12,14H,5-6H2,1-4H3,(H2,10,11). The summed E-state index contributed by atoms with van der Waals surface area (Å²) in [4.78, 5) is 0. The summed E-state index contributed by atoms with van der Waals surface area (Å²) in [6, 6.07) is -0.372. The fourth-order valence-corrected chi connectivity index (χ4v) is 2.91. The summed E-state index contributed by atoms with van der Waals surface area (Å²) in [7, 11) is -3.53. The van der Waals surface area contributed by atoms with E-state index in [4.69, 9.17) is 10.9 Å². The zero-order valence-corrected chi connectivity index (χ0v) is 11.5. The Bertz CT molecular complexity index is 351. The Morgan fingerprint density at radius 2 is 1.94 bits per heavy atom. The Kier molecular flexibility index (Phi) is 6.43. The molecule has 0 bridgehead atoms. The summed E-state index contributed by atoms with van der Waals surface area (Å²) in [5.74, 6) is 0.00963. The SMILES string of the molecule is CC(C)NS(=O)(=O)N(CCC(N)=NO)C(C)C. The summed E-state index contributed by atoms with van der Waals surface area (Å²) in [5, 5.41) is 11.2. The molecule has 0 aromatic carbocycles. The van der Waals surface area contributed by atoms with Crippen LogP contribution in [0, 0.1) is 0 Å². The highest BCUT2D eigenvalue weighted by Crippen LogP contribution is 2.07. The van der Waals surface area contributed by atoms with Crippen LogP contribution in [-0.2, 0) is 10.2 Å². The molecule has 0 amide bonds. The van der Waals surface area contributed by atoms with Crippen LogP contribution >= 0.6 is 0 Å². The molecule has 0 aliphatic rings. The van der Waals surface area contributed by atoms with E-state index in [0.717, 1.165) is 0 Å². The van der Waals surface area contributed by atoms with Gasteiger partial charge in [-0.15, -0.1) is 0 Å². The van der Waals surface area contributed by atoms with Crippen LogP contribution in [0.15, 0.2) is 5.16 Å². The molecule has 0 heterocycles. The van der Waals surface area contributed by atoms with E-state index in [-0.39, 0.29) is 30.9 Å². The van der Waals surface area contributed by atoms with Gasteiger partial charge in [-0.1, -0.05) is 5.16 Å². The quantitative estimate of drug-likeness (QED) is 0.262. The minimum Gasteiger partial charge on any atom is -0.409 e. The van der Waals surface area contributed by atoms with Crippen LogP contribution in [0.3, 0.4) is 0 Å². The molecule has 0 aromatic heterocycles. The van der Waals surface area contributed by atoms with Gasteiger partial charge in [-0.05, 0) is 27.7 Å². The molecule has 4 N–H and O–H groups in total. The normalized spacial score (nSPS) is 13.9. The molecule has 0 unspecified atom stereocenters. The van der Waals surface area contributed by atoms with Gasteiger partial charge in [-0.2, -0.15) is 17.4 Å². The van der Waals surface area contributed by atoms with Crippen LogP contribution in [0.5, 0.6) is 0 Å². The Hall–Kier alpha value is -0.860. The van der Waals surface area contributed by atoms with Crippen molar-refractivity contribution in [1.82, 2.24) is 9.03 Å². The van der Waals surface area contributed by atoms with Crippen molar-refractivity contribution in [3.05, 3.63) is 0 Å². The van der Waals surface area contributed by atoms with Crippen molar-refractivity contribution in [3.8, 4) is 0 Å². The van der Waals surface area contributed by atoms with Crippen LogP contribution in [-0.4, -0.2) is 42.4 Å². The molecule has 0 fully saturated rings. The summed E-state index contributed by atoms with van der Waals surface area (Å²) in [6.07, 6.45) is 0.188. The maximum absolute atomic E-state index is 12.0. The maximum atomic E-state index is 12.0. The molecule has 0 radical (unpaired) electrons. The topological polar surface area (TPSA) is 108 Å². The minimum atomic E-state index is -3.53. The molecule has 0 rings (SSSR count). The largest absolute Gasteiger partial charge is 0.409 e. The van der Waals surface area contributed by atoms with Crippen molar-refractivity contribution in [3.63, 3.8) is 0 Å². The van der Waals surface area contributed by atoms with Crippen LogP contribution < -0.4 is 10.5 Å². The molecular formula is C9H22N4O3S. The number of nitrogens with two attached hydrogens (primary N) is 1. The Morgan fingerprint density at radius 1 is 1.41 bits per heavy atom. The first-order valence-corrected chi connectivity index (χ1v) is 6.90. The number of amidine groups is 1. The molecule has 0 aromatic rings. The smallest absolute Gasteiger partial charge is 0.279 e. The van der Waals surface area contributed by atoms with Crippen LogP contribution in [0.4, 0.5) is 0 Å². The van der Waals surface area contributed by atoms with Gasteiger partial charge in [0.25, 0.3) is 10.2 Å². The van der Waals surface area contributed by atoms with E-state index in [2.05, 4.69) is 9.88 Å². The van der Waals surface area contributed by atoms with Gasteiger partial charge < -0.3 is 10.9 Å². The van der Waals surface area contributed by atoms with Crippen LogP contribution in [0.1, 0.15) is 34.1 Å². The van der Waals surface area contributed by atoms with E-state index in [0.29, 0.717) is 0 Å². The zero-order valence-electron chi connectivity index (χ0n) is 10.7. The maximum Gasteiger partial charge on any atom is 0.279 e. The Labute approximate surface area is 103 Å². The molecule has 0 atom stereocenters. The van der Waals surface area contributed by atoms with Crippen molar-refractivity contribution >= 4 is 16.0 Å². The molecule has 0 spiro atoms. The van der Waals surface area contributed by atoms with E-state index in [1.54, 1.807) is 27.7 Å².